The standard InChI is InChI=1S/C39H50ClFN4O10/c1-20-10-9-11-32(53-8)39(51)19-31(55-38(50)43-39)22(3)35(47)21(2)29(18-33(46)45(6)28-15-24(14-20)16-30(52-7)34(28)40)54-37(49)23(4)44(5)36(48)26-17-25(42)12-13-27(26)41/h9-13,15-17,21-23,29,31-32,35,47,51H,14,18-19,42H2,1-8H3,(H,43,50)/b11-9+,20-10+/t21?,22-,23+,29+,31+,32-,35-,39+/m1/s1. The Hall–Kier alpha value is -4.70. The average molecular weight is 789 g/mol. The second-order valence-corrected chi connectivity index (χ2v) is 14.6. The quantitative estimate of drug-likeness (QED) is 0.240. The molecule has 4 bridgehead atoms. The number of fused-ring (bicyclic) bond motifs is 4. The van der Waals surface area contributed by atoms with Crippen molar-refractivity contribution >= 4 is 46.9 Å². The number of anilines is 2. The molecule has 4 rings (SSSR count). The summed E-state index contributed by atoms with van der Waals surface area (Å²) in [4.78, 5) is 56.2. The van der Waals surface area contributed by atoms with Crippen molar-refractivity contribution in [3.05, 3.63) is 76.1 Å². The Kier molecular flexibility index (Phi) is 14.0. The first-order valence-corrected chi connectivity index (χ1v) is 18.1. The van der Waals surface area contributed by atoms with Gasteiger partial charge in [0.15, 0.2) is 5.72 Å². The van der Waals surface area contributed by atoms with Crippen LogP contribution < -0.4 is 20.7 Å². The molecule has 2 aliphatic heterocycles. The summed E-state index contributed by atoms with van der Waals surface area (Å²) >= 11 is 6.72. The highest BCUT2D eigenvalue weighted by Gasteiger charge is 2.48. The molecule has 3 amide bonds. The molecular formula is C39H50ClFN4O10. The molecule has 2 aromatic rings. The number of hydrogen-bond donors (Lipinski definition) is 4. The Morgan fingerprint density at radius 2 is 1.87 bits per heavy atom. The van der Waals surface area contributed by atoms with E-state index in [1.165, 1.54) is 46.2 Å². The predicted molar refractivity (Wildman–Crippen MR) is 203 cm³/mol. The van der Waals surface area contributed by atoms with Gasteiger partial charge in [0.1, 0.15) is 40.9 Å². The lowest BCUT2D eigenvalue weighted by Crippen LogP contribution is -2.64. The zero-order valence-corrected chi connectivity index (χ0v) is 32.9. The van der Waals surface area contributed by atoms with E-state index in [2.05, 4.69) is 5.32 Å². The number of hydrogen-bond acceptors (Lipinski definition) is 11. The molecule has 1 saturated heterocycles. The van der Waals surface area contributed by atoms with E-state index in [1.807, 2.05) is 13.0 Å². The van der Waals surface area contributed by atoms with Crippen molar-refractivity contribution < 1.29 is 52.7 Å². The van der Waals surface area contributed by atoms with Gasteiger partial charge in [-0.05, 0) is 56.2 Å². The lowest BCUT2D eigenvalue weighted by Gasteiger charge is -2.43. The summed E-state index contributed by atoms with van der Waals surface area (Å²) < 4.78 is 37.2. The molecule has 2 heterocycles. The van der Waals surface area contributed by atoms with Gasteiger partial charge in [0.2, 0.25) is 5.91 Å². The Labute approximate surface area is 325 Å². The van der Waals surface area contributed by atoms with Crippen molar-refractivity contribution in [3.63, 3.8) is 0 Å². The first-order chi connectivity index (χ1) is 25.8. The lowest BCUT2D eigenvalue weighted by atomic mass is 9.81. The molecule has 300 valence electrons. The number of ether oxygens (including phenoxy) is 4. The fraction of sp³-hybridized carbons (Fsp3) is 0.487. The van der Waals surface area contributed by atoms with Crippen molar-refractivity contribution in [1.29, 1.82) is 0 Å². The summed E-state index contributed by atoms with van der Waals surface area (Å²) in [5, 5.41) is 26.1. The van der Waals surface area contributed by atoms with Crippen LogP contribution in [0, 0.1) is 17.7 Å². The molecule has 0 spiro atoms. The van der Waals surface area contributed by atoms with Crippen LogP contribution in [0.25, 0.3) is 0 Å². The third-order valence-electron chi connectivity index (χ3n) is 10.4. The van der Waals surface area contributed by atoms with Crippen molar-refractivity contribution in [3.8, 4) is 5.75 Å². The molecule has 1 fully saturated rings. The van der Waals surface area contributed by atoms with Crippen LogP contribution in [-0.4, -0.2) is 103 Å². The van der Waals surface area contributed by atoms with Crippen LogP contribution in [0.1, 0.15) is 56.5 Å². The third kappa shape index (κ3) is 9.76. The van der Waals surface area contributed by atoms with E-state index in [1.54, 1.807) is 38.1 Å². The maximum absolute atomic E-state index is 14.6. The molecular weight excluding hydrogens is 739 g/mol. The highest BCUT2D eigenvalue weighted by molar-refractivity contribution is 6.35. The Bertz CT molecular complexity index is 1840. The smallest absolute Gasteiger partial charge is 0.409 e. The molecule has 0 saturated carbocycles. The summed E-state index contributed by atoms with van der Waals surface area (Å²) in [6.45, 7) is 6.40. The number of nitrogens with zero attached hydrogens (tertiary/aromatic N) is 2. The molecule has 8 atom stereocenters. The summed E-state index contributed by atoms with van der Waals surface area (Å²) in [6, 6.07) is 5.67. The van der Waals surface area contributed by atoms with Gasteiger partial charge in [0.05, 0.1) is 30.9 Å². The maximum atomic E-state index is 14.6. The highest BCUT2D eigenvalue weighted by Crippen LogP contribution is 2.38. The number of halogens is 2. The number of allylic oxidation sites excluding steroid dienone is 3. The number of methoxy groups -OCH3 is 2. The van der Waals surface area contributed by atoms with Crippen LogP contribution in [0.3, 0.4) is 0 Å². The number of aliphatic hydroxyl groups is 2. The van der Waals surface area contributed by atoms with E-state index in [0.29, 0.717) is 17.9 Å². The van der Waals surface area contributed by atoms with Gasteiger partial charge in [-0.15, -0.1) is 0 Å². The fourth-order valence-electron chi connectivity index (χ4n) is 6.67. The van der Waals surface area contributed by atoms with Crippen LogP contribution in [-0.2, 0) is 30.2 Å². The number of likely N-dealkylation sites (N-methyl/N-ethyl adjacent to an activating group) is 1. The van der Waals surface area contributed by atoms with Crippen molar-refractivity contribution in [2.45, 2.75) is 83.1 Å². The molecule has 2 aliphatic rings. The summed E-state index contributed by atoms with van der Waals surface area (Å²) in [5.41, 5.74) is 5.55. The third-order valence-corrected chi connectivity index (χ3v) is 10.7. The van der Waals surface area contributed by atoms with E-state index < -0.39 is 84.1 Å². The number of rotatable bonds is 6. The largest absolute Gasteiger partial charge is 0.495 e. The van der Waals surface area contributed by atoms with E-state index in [0.717, 1.165) is 28.2 Å². The fourth-order valence-corrected chi connectivity index (χ4v) is 6.98. The second-order valence-electron chi connectivity index (χ2n) is 14.2. The summed E-state index contributed by atoms with van der Waals surface area (Å²) in [5.74, 6) is -4.75. The summed E-state index contributed by atoms with van der Waals surface area (Å²) in [6.07, 6.45) is -0.905. The molecule has 0 aliphatic carbocycles. The topological polar surface area (TPSA) is 190 Å². The number of benzene rings is 2. The number of amides is 3. The second kappa shape index (κ2) is 17.8. The van der Waals surface area contributed by atoms with Gasteiger partial charge in [-0.2, -0.15) is 0 Å². The number of aliphatic hydroxyl groups excluding tert-OH is 1. The minimum Gasteiger partial charge on any atom is -0.495 e. The summed E-state index contributed by atoms with van der Waals surface area (Å²) in [7, 11) is 5.61. The molecule has 0 radical (unpaired) electrons. The number of nitrogen functional groups attached to an aromatic ring is 1. The van der Waals surface area contributed by atoms with Crippen LogP contribution in [0.4, 0.5) is 20.6 Å². The van der Waals surface area contributed by atoms with Gasteiger partial charge in [-0.25, -0.2) is 14.0 Å². The molecule has 5 N–H and O–H groups in total. The minimum absolute atomic E-state index is 0.141. The van der Waals surface area contributed by atoms with E-state index in [-0.39, 0.29) is 22.7 Å². The first-order valence-electron chi connectivity index (χ1n) is 17.7. The van der Waals surface area contributed by atoms with Gasteiger partial charge in [0.25, 0.3) is 5.91 Å². The molecule has 0 aromatic heterocycles. The molecule has 14 nitrogen and oxygen atoms in total. The minimum atomic E-state index is -1.94. The van der Waals surface area contributed by atoms with Crippen LogP contribution in [0.15, 0.2) is 54.1 Å². The number of carbonyl (C=O) groups excluding carboxylic acids is 4. The zero-order chi connectivity index (χ0) is 40.9. The van der Waals surface area contributed by atoms with E-state index in [4.69, 9.17) is 36.3 Å². The maximum Gasteiger partial charge on any atom is 0.409 e. The Balaban J connectivity index is 1.76. The van der Waals surface area contributed by atoms with Gasteiger partial charge in [-0.3, -0.25) is 14.9 Å². The predicted octanol–water partition coefficient (Wildman–Crippen LogP) is 4.39. The van der Waals surface area contributed by atoms with E-state index in [9.17, 15) is 33.8 Å². The number of nitrogens with one attached hydrogen (secondary N) is 1. The van der Waals surface area contributed by atoms with Crippen LogP contribution >= 0.6 is 11.6 Å². The van der Waals surface area contributed by atoms with Crippen molar-refractivity contribution in [1.82, 2.24) is 10.2 Å². The van der Waals surface area contributed by atoms with Crippen molar-refractivity contribution in [2.24, 2.45) is 11.8 Å². The van der Waals surface area contributed by atoms with Gasteiger partial charge in [-0.1, -0.05) is 49.2 Å². The Morgan fingerprint density at radius 3 is 2.53 bits per heavy atom. The lowest BCUT2D eigenvalue weighted by molar-refractivity contribution is -0.165. The highest BCUT2D eigenvalue weighted by atomic mass is 35.5. The number of nitrogens with two attached hydrogens (primary N) is 1. The van der Waals surface area contributed by atoms with Gasteiger partial charge < -0.3 is 44.7 Å². The van der Waals surface area contributed by atoms with Gasteiger partial charge >= 0.3 is 12.1 Å². The first kappa shape index (κ1) is 43.0. The number of esters is 1. The number of carbonyl (C=O) groups is 4. The van der Waals surface area contributed by atoms with Gasteiger partial charge in [0, 0.05) is 45.1 Å². The van der Waals surface area contributed by atoms with Crippen LogP contribution in [0.2, 0.25) is 5.02 Å². The average Bonchev–Trinajstić information content (AvgIpc) is 3.14. The zero-order valence-electron chi connectivity index (χ0n) is 32.2. The molecule has 55 heavy (non-hydrogen) atoms. The number of alkyl carbamates (subject to hydrolysis) is 1. The monoisotopic (exact) mass is 788 g/mol. The molecule has 1 unspecified atom stereocenters. The SMILES string of the molecule is COc1cc2cc(c1Cl)N(C)C(=O)C[C@H](OC(=O)[C@H](C)N(C)C(=O)c1cc(N)ccc1F)C(C)[C@@H](O)[C@H](C)[C@@H]1C[C@@](O)(NC(=O)O1)[C@H](OC)/C=C/C=C(\C)C2. The molecule has 2 aromatic carbocycles. The molecule has 16 heteroatoms. The Morgan fingerprint density at radius 1 is 1.18 bits per heavy atom. The normalized spacial score (nSPS) is 28.5. The van der Waals surface area contributed by atoms with E-state index >= 15 is 0 Å². The van der Waals surface area contributed by atoms with Crippen LogP contribution in [0.5, 0.6) is 5.75 Å². The van der Waals surface area contributed by atoms with Crippen molar-refractivity contribution in [2.75, 3.05) is 38.9 Å².